The third-order valence-electron chi connectivity index (χ3n) is 4.83. The quantitative estimate of drug-likeness (QED) is 0.462. The van der Waals surface area contributed by atoms with E-state index in [2.05, 4.69) is 30.9 Å². The van der Waals surface area contributed by atoms with E-state index in [0.717, 1.165) is 11.8 Å². The summed E-state index contributed by atoms with van der Waals surface area (Å²) < 4.78 is 0. The molecule has 2 aliphatic rings. The van der Waals surface area contributed by atoms with Crippen LogP contribution in [0.2, 0.25) is 0 Å². The summed E-state index contributed by atoms with van der Waals surface area (Å²) in [5.74, 6) is 1.61. The Morgan fingerprint density at radius 1 is 1.23 bits per heavy atom. The zero-order valence-electron chi connectivity index (χ0n) is 8.63. The predicted octanol–water partition coefficient (Wildman–Crippen LogP) is 3.30. The topological polar surface area (TPSA) is 12.4 Å². The second-order valence-corrected chi connectivity index (χ2v) is 5.46. The van der Waals surface area contributed by atoms with Crippen LogP contribution in [0.3, 0.4) is 0 Å². The van der Waals surface area contributed by atoms with Crippen LogP contribution in [0.1, 0.15) is 40.0 Å². The minimum atomic E-state index is 0.0671. The molecule has 2 heteroatoms. The van der Waals surface area contributed by atoms with Gasteiger partial charge in [-0.15, -0.1) is 0 Å². The largest absolute Gasteiger partial charge is 0.225 e. The molecule has 0 amide bonds. The average molecular weight is 195 g/mol. The summed E-state index contributed by atoms with van der Waals surface area (Å²) in [6.45, 7) is 6.94. The van der Waals surface area contributed by atoms with Crippen molar-refractivity contribution in [1.29, 1.82) is 0 Å². The SMILES string of the molecule is CC1(C)[C@H]2CC[C@H](C2)[C@]1(C)N=C=S. The van der Waals surface area contributed by atoms with E-state index in [9.17, 15) is 0 Å². The second kappa shape index (κ2) is 2.65. The summed E-state index contributed by atoms with van der Waals surface area (Å²) in [5.41, 5.74) is 0.388. The highest BCUT2D eigenvalue weighted by Gasteiger charge is 2.60. The molecule has 0 aromatic rings. The lowest BCUT2D eigenvalue weighted by molar-refractivity contribution is 0.105. The fraction of sp³-hybridized carbons (Fsp3) is 0.909. The van der Waals surface area contributed by atoms with Crippen molar-refractivity contribution < 1.29 is 0 Å². The maximum Gasteiger partial charge on any atom is 0.0764 e. The van der Waals surface area contributed by atoms with Gasteiger partial charge >= 0.3 is 0 Å². The molecule has 0 aliphatic heterocycles. The number of thiocarbonyl (C=S) groups is 1. The zero-order valence-corrected chi connectivity index (χ0v) is 9.45. The third kappa shape index (κ3) is 0.992. The summed E-state index contributed by atoms with van der Waals surface area (Å²) >= 11 is 4.76. The van der Waals surface area contributed by atoms with Crippen molar-refractivity contribution in [1.82, 2.24) is 0 Å². The molecule has 0 spiro atoms. The molecule has 2 bridgehead atoms. The van der Waals surface area contributed by atoms with E-state index in [1.807, 2.05) is 0 Å². The Hall–Kier alpha value is -0.200. The first-order chi connectivity index (χ1) is 6.02. The first-order valence-corrected chi connectivity index (χ1v) is 5.52. The average Bonchev–Trinajstić information content (AvgIpc) is 2.56. The number of hydrogen-bond donors (Lipinski definition) is 0. The molecule has 2 saturated carbocycles. The van der Waals surface area contributed by atoms with Crippen molar-refractivity contribution in [2.75, 3.05) is 0 Å². The molecular weight excluding hydrogens is 178 g/mol. The van der Waals surface area contributed by atoms with Crippen LogP contribution in [0.5, 0.6) is 0 Å². The van der Waals surface area contributed by atoms with Gasteiger partial charge in [0.15, 0.2) is 0 Å². The summed E-state index contributed by atoms with van der Waals surface area (Å²) in [6, 6.07) is 0. The highest BCUT2D eigenvalue weighted by molar-refractivity contribution is 7.78. The molecule has 2 fully saturated rings. The molecule has 0 radical (unpaired) electrons. The van der Waals surface area contributed by atoms with Crippen molar-refractivity contribution in [3.05, 3.63) is 0 Å². The van der Waals surface area contributed by atoms with Crippen molar-refractivity contribution in [2.24, 2.45) is 22.2 Å². The number of fused-ring (bicyclic) bond motifs is 2. The van der Waals surface area contributed by atoms with Crippen LogP contribution < -0.4 is 0 Å². The second-order valence-electron chi connectivity index (χ2n) is 5.28. The van der Waals surface area contributed by atoms with E-state index in [0.29, 0.717) is 5.41 Å². The summed E-state index contributed by atoms with van der Waals surface area (Å²) in [6.07, 6.45) is 4.08. The van der Waals surface area contributed by atoms with E-state index >= 15 is 0 Å². The van der Waals surface area contributed by atoms with Crippen LogP contribution in [0.15, 0.2) is 4.99 Å². The smallest absolute Gasteiger partial charge is 0.0764 e. The van der Waals surface area contributed by atoms with Gasteiger partial charge in [0.25, 0.3) is 0 Å². The van der Waals surface area contributed by atoms with Crippen LogP contribution in [0.25, 0.3) is 0 Å². The normalized spacial score (nSPS) is 46.1. The van der Waals surface area contributed by atoms with Gasteiger partial charge in [-0.1, -0.05) is 13.8 Å². The molecule has 0 aromatic heterocycles. The lowest BCUT2D eigenvalue weighted by Gasteiger charge is -2.43. The van der Waals surface area contributed by atoms with Gasteiger partial charge in [0.2, 0.25) is 0 Å². The Balaban J connectivity index is 2.43. The molecule has 2 aliphatic carbocycles. The number of aliphatic imine (C=N–C) groups is 1. The molecule has 13 heavy (non-hydrogen) atoms. The van der Waals surface area contributed by atoms with Crippen LogP contribution >= 0.6 is 12.2 Å². The Labute approximate surface area is 85.6 Å². The fourth-order valence-corrected chi connectivity index (χ4v) is 3.61. The Kier molecular flexibility index (Phi) is 1.91. The summed E-state index contributed by atoms with van der Waals surface area (Å²) in [4.78, 5) is 4.46. The van der Waals surface area contributed by atoms with Crippen molar-refractivity contribution in [2.45, 2.75) is 45.6 Å². The van der Waals surface area contributed by atoms with Gasteiger partial charge in [0.1, 0.15) is 0 Å². The van der Waals surface area contributed by atoms with Crippen LogP contribution in [-0.4, -0.2) is 10.7 Å². The molecular formula is C11H17NS. The highest BCUT2D eigenvalue weighted by Crippen LogP contribution is 2.62. The predicted molar refractivity (Wildman–Crippen MR) is 58.0 cm³/mol. The minimum Gasteiger partial charge on any atom is -0.225 e. The molecule has 0 aromatic carbocycles. The van der Waals surface area contributed by atoms with Crippen molar-refractivity contribution in [3.63, 3.8) is 0 Å². The Morgan fingerprint density at radius 3 is 2.31 bits per heavy atom. The first kappa shape index (κ1) is 9.36. The van der Waals surface area contributed by atoms with Crippen LogP contribution in [0, 0.1) is 17.3 Å². The zero-order chi connectivity index (χ0) is 9.69. The van der Waals surface area contributed by atoms with Gasteiger partial charge in [-0.3, -0.25) is 0 Å². The molecule has 0 N–H and O–H groups in total. The third-order valence-corrected chi connectivity index (χ3v) is 4.92. The standard InChI is InChI=1S/C11H17NS/c1-10(2)8-4-5-9(6-8)11(10,3)12-7-13/h8-9H,4-6H2,1-3H3/t8-,9+,11-/m0/s1. The monoisotopic (exact) mass is 195 g/mol. The maximum atomic E-state index is 4.76. The first-order valence-electron chi connectivity index (χ1n) is 5.11. The highest BCUT2D eigenvalue weighted by atomic mass is 32.1. The number of nitrogens with zero attached hydrogens (tertiary/aromatic N) is 1. The summed E-state index contributed by atoms with van der Waals surface area (Å²) in [5, 5.41) is 2.60. The molecule has 72 valence electrons. The van der Waals surface area contributed by atoms with Crippen LogP contribution in [-0.2, 0) is 0 Å². The van der Waals surface area contributed by atoms with Crippen LogP contribution in [0.4, 0.5) is 0 Å². The van der Waals surface area contributed by atoms with E-state index in [4.69, 9.17) is 12.2 Å². The molecule has 0 unspecified atom stereocenters. The number of hydrogen-bond acceptors (Lipinski definition) is 2. The molecule has 3 atom stereocenters. The van der Waals surface area contributed by atoms with Gasteiger partial charge in [-0.25, -0.2) is 4.99 Å². The van der Waals surface area contributed by atoms with Gasteiger partial charge < -0.3 is 0 Å². The maximum absolute atomic E-state index is 4.76. The van der Waals surface area contributed by atoms with Crippen molar-refractivity contribution in [3.8, 4) is 0 Å². The number of rotatable bonds is 1. The van der Waals surface area contributed by atoms with Crippen molar-refractivity contribution >= 4 is 17.4 Å². The van der Waals surface area contributed by atoms with E-state index in [1.165, 1.54) is 19.3 Å². The number of isothiocyanates is 1. The molecule has 1 nitrogen and oxygen atoms in total. The minimum absolute atomic E-state index is 0.0671. The van der Waals surface area contributed by atoms with Gasteiger partial charge in [0, 0.05) is 0 Å². The van der Waals surface area contributed by atoms with Gasteiger partial charge in [-0.05, 0) is 55.7 Å². The Bertz CT molecular complexity index is 278. The van der Waals surface area contributed by atoms with E-state index in [1.54, 1.807) is 0 Å². The van der Waals surface area contributed by atoms with E-state index < -0.39 is 0 Å². The summed E-state index contributed by atoms with van der Waals surface area (Å²) in [7, 11) is 0. The lowest BCUT2D eigenvalue weighted by atomic mass is 9.64. The Morgan fingerprint density at radius 2 is 1.85 bits per heavy atom. The molecule has 0 heterocycles. The van der Waals surface area contributed by atoms with Gasteiger partial charge in [-0.2, -0.15) is 0 Å². The van der Waals surface area contributed by atoms with Gasteiger partial charge in [0.05, 0.1) is 10.7 Å². The lowest BCUT2D eigenvalue weighted by Crippen LogP contribution is -2.45. The fourth-order valence-electron chi connectivity index (χ4n) is 3.42. The van der Waals surface area contributed by atoms with E-state index in [-0.39, 0.29) is 5.54 Å². The molecule has 0 saturated heterocycles. The molecule has 2 rings (SSSR count).